The Morgan fingerprint density at radius 1 is 0.400 bits per heavy atom. The quantitative estimate of drug-likeness (QED) is 0.0496. The van der Waals surface area contributed by atoms with Gasteiger partial charge in [0.25, 0.3) is 0 Å². The van der Waals surface area contributed by atoms with Crippen LogP contribution in [0, 0.1) is 22.7 Å². The second kappa shape index (κ2) is 31.6. The van der Waals surface area contributed by atoms with Crippen molar-refractivity contribution >= 4 is 23.9 Å². The molecule has 0 N–H and O–H groups in total. The zero-order chi connectivity index (χ0) is 38.3. The van der Waals surface area contributed by atoms with Crippen LogP contribution in [0.15, 0.2) is 0 Å². The second-order valence-electron chi connectivity index (χ2n) is 17.1. The molecule has 0 bridgehead atoms. The van der Waals surface area contributed by atoms with Gasteiger partial charge in [0, 0.05) is 0 Å². The lowest BCUT2D eigenvalue weighted by atomic mass is 9.84. The molecule has 0 aromatic carbocycles. The van der Waals surface area contributed by atoms with Crippen molar-refractivity contribution in [2.45, 2.75) is 223 Å². The van der Waals surface area contributed by atoms with Crippen LogP contribution in [0.1, 0.15) is 223 Å². The van der Waals surface area contributed by atoms with Crippen LogP contribution in [-0.2, 0) is 38.7 Å². The predicted octanol–water partition coefficient (Wildman–Crippen LogP) is 12.7. The van der Waals surface area contributed by atoms with Crippen LogP contribution >= 0.6 is 0 Å². The molecule has 0 rings (SSSR count). The van der Waals surface area contributed by atoms with Gasteiger partial charge in [0.05, 0.1) is 25.7 Å². The van der Waals surface area contributed by atoms with Gasteiger partial charge in [-0.2, -0.15) is 0 Å². The molecule has 0 fully saturated rings. The van der Waals surface area contributed by atoms with Gasteiger partial charge < -0.3 is 0 Å². The van der Waals surface area contributed by atoms with Gasteiger partial charge in [-0.1, -0.05) is 172 Å². The number of carbonyl (C=O) groups excluding carboxylic acids is 4. The van der Waals surface area contributed by atoms with E-state index in [0.717, 1.165) is 51.4 Å². The Labute approximate surface area is 308 Å². The summed E-state index contributed by atoms with van der Waals surface area (Å²) in [6, 6.07) is 0. The van der Waals surface area contributed by atoms with Crippen molar-refractivity contribution in [1.82, 2.24) is 0 Å². The number of hydrogen-bond donors (Lipinski definition) is 0. The molecule has 0 aromatic heterocycles. The van der Waals surface area contributed by atoms with E-state index in [4.69, 9.17) is 0 Å². The van der Waals surface area contributed by atoms with Crippen LogP contribution in [0.5, 0.6) is 0 Å². The highest BCUT2D eigenvalue weighted by atomic mass is 17.2. The molecule has 0 aliphatic carbocycles. The smallest absolute Gasteiger partial charge is 0.247 e. The minimum Gasteiger partial charge on any atom is -0.247 e. The molecule has 0 radical (unpaired) electrons. The van der Waals surface area contributed by atoms with Gasteiger partial charge in [-0.05, 0) is 48.3 Å². The first kappa shape index (κ1) is 50.0. The molecule has 8 heteroatoms. The first-order valence-corrected chi connectivity index (χ1v) is 20.3. The Bertz CT molecular complexity index is 785. The van der Waals surface area contributed by atoms with E-state index in [-0.39, 0.29) is 35.5 Å². The normalized spacial score (nSPS) is 12.7. The van der Waals surface area contributed by atoms with Crippen molar-refractivity contribution in [2.24, 2.45) is 22.7 Å². The van der Waals surface area contributed by atoms with Crippen LogP contribution in [-0.4, -0.2) is 23.9 Å². The minimum atomic E-state index is -0.478. The van der Waals surface area contributed by atoms with E-state index >= 15 is 0 Å². The van der Waals surface area contributed by atoms with Crippen LogP contribution in [0.2, 0.25) is 0 Å². The summed E-state index contributed by atoms with van der Waals surface area (Å²) in [6.07, 6.45) is 24.7. The van der Waals surface area contributed by atoms with Gasteiger partial charge in [-0.15, -0.1) is 0 Å². The zero-order valence-electron chi connectivity index (χ0n) is 34.4. The molecular formula is C42H80O8. The molecule has 0 spiro atoms. The average Bonchev–Trinajstić information content (AvgIpc) is 2.99. The molecule has 296 valence electrons. The summed E-state index contributed by atoms with van der Waals surface area (Å²) in [5.41, 5.74) is 0.331. The van der Waals surface area contributed by atoms with Crippen molar-refractivity contribution in [1.29, 1.82) is 0 Å². The first-order valence-electron chi connectivity index (χ1n) is 20.3. The minimum absolute atomic E-state index is 0.165. The van der Waals surface area contributed by atoms with E-state index in [2.05, 4.69) is 74.9 Å². The predicted molar refractivity (Wildman–Crippen MR) is 204 cm³/mol. The molecule has 0 aromatic rings. The Morgan fingerprint density at radius 2 is 0.640 bits per heavy atom. The van der Waals surface area contributed by atoms with Gasteiger partial charge in [0.15, 0.2) is 0 Å². The fourth-order valence-electron chi connectivity index (χ4n) is 6.30. The monoisotopic (exact) mass is 713 g/mol. The van der Waals surface area contributed by atoms with Gasteiger partial charge in [-0.3, -0.25) is 0 Å². The van der Waals surface area contributed by atoms with Crippen LogP contribution in [0.4, 0.5) is 0 Å². The summed E-state index contributed by atoms with van der Waals surface area (Å²) < 4.78 is 0. The largest absolute Gasteiger partial charge is 0.355 e. The Balaban J connectivity index is 0. The molecule has 0 saturated carbocycles. The standard InChI is InChI=1S/C24H46O4.C18H34O4/c1-3-5-7-9-11-13-15-17-19-21-23(25)27-28-24(26)22-20-18-16-14-12-10-8-6-4-2;1-13(11-17(3,4)5)9-15(19)21-22-16(20)10-14(2)12-18(6,7)8/h3-22H2,1-2H3;13-14H,9-12H2,1-8H3. The SMILES string of the molecule is CC(CC(=O)OOC(=O)CC(C)CC(C)(C)C)CC(C)(C)C.CCCCCCCCCCCC(=O)OOC(=O)CCCCCCCCCCC. The number of carbonyl (C=O) groups is 4. The van der Waals surface area contributed by atoms with E-state index in [9.17, 15) is 19.2 Å². The first-order chi connectivity index (χ1) is 23.5. The second-order valence-corrected chi connectivity index (χ2v) is 17.1. The summed E-state index contributed by atoms with van der Waals surface area (Å²) in [5.74, 6) is -1.41. The molecular weight excluding hydrogens is 632 g/mol. The lowest BCUT2D eigenvalue weighted by Gasteiger charge is -2.22. The van der Waals surface area contributed by atoms with Gasteiger partial charge in [0.2, 0.25) is 0 Å². The van der Waals surface area contributed by atoms with Crippen LogP contribution < -0.4 is 0 Å². The molecule has 0 heterocycles. The fraction of sp³-hybridized carbons (Fsp3) is 0.905. The topological polar surface area (TPSA) is 105 Å². The number of hydrogen-bond acceptors (Lipinski definition) is 8. The number of unbranched alkanes of at least 4 members (excludes halogenated alkanes) is 16. The van der Waals surface area contributed by atoms with Gasteiger partial charge in [0.1, 0.15) is 0 Å². The third kappa shape index (κ3) is 40.3. The van der Waals surface area contributed by atoms with E-state index in [1.165, 1.54) is 77.0 Å². The summed E-state index contributed by atoms with van der Waals surface area (Å²) in [7, 11) is 0. The maximum Gasteiger partial charge on any atom is 0.355 e. The zero-order valence-corrected chi connectivity index (χ0v) is 34.4. The van der Waals surface area contributed by atoms with Gasteiger partial charge in [-0.25, -0.2) is 38.7 Å². The lowest BCUT2D eigenvalue weighted by Crippen LogP contribution is -2.19. The van der Waals surface area contributed by atoms with Crippen molar-refractivity contribution in [3.05, 3.63) is 0 Å². The molecule has 0 amide bonds. The third-order valence-electron chi connectivity index (χ3n) is 8.38. The maximum absolute atomic E-state index is 11.7. The molecule has 50 heavy (non-hydrogen) atoms. The Kier molecular flexibility index (Phi) is 31.6. The highest BCUT2D eigenvalue weighted by Gasteiger charge is 2.22. The maximum atomic E-state index is 11.7. The molecule has 2 atom stereocenters. The van der Waals surface area contributed by atoms with Crippen LogP contribution in [0.25, 0.3) is 0 Å². The molecule has 8 nitrogen and oxygen atoms in total. The van der Waals surface area contributed by atoms with Crippen molar-refractivity contribution < 1.29 is 38.7 Å². The summed E-state index contributed by atoms with van der Waals surface area (Å²) in [6.45, 7) is 21.2. The van der Waals surface area contributed by atoms with E-state index in [0.29, 0.717) is 12.8 Å². The molecule has 0 saturated heterocycles. The molecule has 0 aliphatic heterocycles. The highest BCUT2D eigenvalue weighted by molar-refractivity contribution is 5.73. The summed E-state index contributed by atoms with van der Waals surface area (Å²) >= 11 is 0. The van der Waals surface area contributed by atoms with Gasteiger partial charge >= 0.3 is 23.9 Å². The highest BCUT2D eigenvalue weighted by Crippen LogP contribution is 2.27. The van der Waals surface area contributed by atoms with E-state index < -0.39 is 23.9 Å². The average molecular weight is 713 g/mol. The fourth-order valence-corrected chi connectivity index (χ4v) is 6.30. The summed E-state index contributed by atoms with van der Waals surface area (Å²) in [5, 5.41) is 0. The lowest BCUT2D eigenvalue weighted by molar-refractivity contribution is -0.260. The molecule has 2 unspecified atom stereocenters. The van der Waals surface area contributed by atoms with Crippen LogP contribution in [0.3, 0.4) is 0 Å². The number of rotatable bonds is 26. The van der Waals surface area contributed by atoms with Crippen molar-refractivity contribution in [3.8, 4) is 0 Å². The third-order valence-corrected chi connectivity index (χ3v) is 8.38. The summed E-state index contributed by atoms with van der Waals surface area (Å²) in [4.78, 5) is 65.0. The van der Waals surface area contributed by atoms with E-state index in [1.54, 1.807) is 0 Å². The Hall–Kier alpha value is -2.12. The van der Waals surface area contributed by atoms with E-state index in [1.807, 2.05) is 13.8 Å². The van der Waals surface area contributed by atoms with Crippen molar-refractivity contribution in [3.63, 3.8) is 0 Å². The van der Waals surface area contributed by atoms with Crippen molar-refractivity contribution in [2.75, 3.05) is 0 Å². The Morgan fingerprint density at radius 3 is 0.900 bits per heavy atom. The molecule has 0 aliphatic rings.